The van der Waals surface area contributed by atoms with Crippen LogP contribution >= 0.6 is 0 Å². The SMILES string of the molecule is COc1cccc2c1C(=O)c1c(O)c3c(c(O)c1C2=O)C[C@@](O)(C(C)=O)C[C@@H]3O[C@@H]1C[C@@H](CCN)[C@@H](O)[C@@H](C)O1. The van der Waals surface area contributed by atoms with Crippen molar-refractivity contribution in [3.8, 4) is 17.2 Å². The number of nitrogens with two attached hydrogens (primary N) is 1. The van der Waals surface area contributed by atoms with E-state index in [1.807, 2.05) is 0 Å². The first-order valence-electron chi connectivity index (χ1n) is 13.2. The lowest BCUT2D eigenvalue weighted by molar-refractivity contribution is -0.257. The third-order valence-electron chi connectivity index (χ3n) is 8.41. The van der Waals surface area contributed by atoms with Crippen LogP contribution in [0.1, 0.15) is 82.2 Å². The second kappa shape index (κ2) is 10.2. The van der Waals surface area contributed by atoms with Gasteiger partial charge in [-0.2, -0.15) is 0 Å². The Bertz CT molecular complexity index is 1400. The van der Waals surface area contributed by atoms with Crippen LogP contribution in [0.4, 0.5) is 0 Å². The van der Waals surface area contributed by atoms with Crippen molar-refractivity contribution in [1.29, 1.82) is 0 Å². The van der Waals surface area contributed by atoms with Crippen LogP contribution in [0, 0.1) is 5.92 Å². The molecule has 40 heavy (non-hydrogen) atoms. The molecule has 0 amide bonds. The van der Waals surface area contributed by atoms with Crippen molar-refractivity contribution >= 4 is 17.3 Å². The van der Waals surface area contributed by atoms with E-state index >= 15 is 0 Å². The molecule has 1 fully saturated rings. The van der Waals surface area contributed by atoms with Gasteiger partial charge in [-0.3, -0.25) is 14.4 Å². The molecule has 0 radical (unpaired) electrons. The van der Waals surface area contributed by atoms with Gasteiger partial charge in [0.25, 0.3) is 0 Å². The Hall–Kier alpha value is -3.35. The lowest BCUT2D eigenvalue weighted by Crippen LogP contribution is -2.48. The minimum Gasteiger partial charge on any atom is -0.507 e. The maximum atomic E-state index is 13.7. The van der Waals surface area contributed by atoms with E-state index < -0.39 is 76.6 Å². The van der Waals surface area contributed by atoms with Crippen molar-refractivity contribution in [3.63, 3.8) is 0 Å². The van der Waals surface area contributed by atoms with E-state index in [0.717, 1.165) is 0 Å². The fourth-order valence-corrected chi connectivity index (χ4v) is 6.22. The van der Waals surface area contributed by atoms with E-state index in [1.54, 1.807) is 6.92 Å². The molecule has 1 saturated heterocycles. The summed E-state index contributed by atoms with van der Waals surface area (Å²) in [4.78, 5) is 39.8. The molecular formula is C29H33NO10. The van der Waals surface area contributed by atoms with Crippen LogP contribution in [0.3, 0.4) is 0 Å². The summed E-state index contributed by atoms with van der Waals surface area (Å²) < 4.78 is 17.4. The van der Waals surface area contributed by atoms with Crippen LogP contribution in [0.15, 0.2) is 18.2 Å². The minimum absolute atomic E-state index is 0.00830. The highest BCUT2D eigenvalue weighted by atomic mass is 16.7. The second-order valence-corrected chi connectivity index (χ2v) is 10.8. The van der Waals surface area contributed by atoms with Crippen molar-refractivity contribution in [2.75, 3.05) is 13.7 Å². The number of fused-ring (bicyclic) bond motifs is 3. The molecule has 2 aliphatic carbocycles. The molecule has 1 aliphatic heterocycles. The molecule has 0 unspecified atom stereocenters. The zero-order valence-corrected chi connectivity index (χ0v) is 22.5. The number of aliphatic hydroxyl groups excluding tert-OH is 1. The summed E-state index contributed by atoms with van der Waals surface area (Å²) in [5.74, 6) is -3.36. The van der Waals surface area contributed by atoms with Gasteiger partial charge in [0, 0.05) is 36.0 Å². The molecular weight excluding hydrogens is 522 g/mol. The number of ether oxygens (including phenoxy) is 3. The third-order valence-corrected chi connectivity index (χ3v) is 8.41. The quantitative estimate of drug-likeness (QED) is 0.279. The van der Waals surface area contributed by atoms with E-state index in [1.165, 1.54) is 32.2 Å². The monoisotopic (exact) mass is 555 g/mol. The fraction of sp³-hybridized carbons (Fsp3) is 0.483. The number of hydrogen-bond acceptors (Lipinski definition) is 11. The van der Waals surface area contributed by atoms with Crippen LogP contribution in [0.25, 0.3) is 0 Å². The summed E-state index contributed by atoms with van der Waals surface area (Å²) in [5.41, 5.74) is 2.76. The molecule has 2 aromatic carbocycles. The van der Waals surface area contributed by atoms with E-state index in [-0.39, 0.29) is 46.8 Å². The number of phenolic OH excluding ortho intramolecular Hbond substituents is 2. The normalized spacial score (nSPS) is 29.4. The molecule has 214 valence electrons. The second-order valence-electron chi connectivity index (χ2n) is 10.8. The lowest BCUT2D eigenvalue weighted by atomic mass is 9.72. The predicted molar refractivity (Wildman–Crippen MR) is 140 cm³/mol. The van der Waals surface area contributed by atoms with Crippen molar-refractivity contribution in [2.24, 2.45) is 11.7 Å². The molecule has 11 nitrogen and oxygen atoms in total. The number of carbonyl (C=O) groups is 3. The maximum Gasteiger partial charge on any atom is 0.202 e. The molecule has 6 N–H and O–H groups in total. The number of phenols is 2. The number of rotatable bonds is 6. The minimum atomic E-state index is -1.99. The zero-order valence-electron chi connectivity index (χ0n) is 22.5. The summed E-state index contributed by atoms with van der Waals surface area (Å²) in [6.45, 7) is 3.21. The summed E-state index contributed by atoms with van der Waals surface area (Å²) in [6.07, 6.45) is -3.48. The average molecular weight is 556 g/mol. The van der Waals surface area contributed by atoms with E-state index in [0.29, 0.717) is 13.0 Å². The van der Waals surface area contributed by atoms with Crippen LogP contribution in [-0.2, 0) is 20.7 Å². The number of benzene rings is 2. The molecule has 1 heterocycles. The molecule has 3 aliphatic rings. The largest absolute Gasteiger partial charge is 0.507 e. The number of hydrogen-bond donors (Lipinski definition) is 5. The summed E-state index contributed by atoms with van der Waals surface area (Å²) in [6, 6.07) is 4.46. The van der Waals surface area contributed by atoms with Crippen molar-refractivity contribution in [3.05, 3.63) is 51.6 Å². The van der Waals surface area contributed by atoms with Crippen LogP contribution in [0.5, 0.6) is 17.2 Å². The highest BCUT2D eigenvalue weighted by Gasteiger charge is 2.49. The van der Waals surface area contributed by atoms with E-state index in [2.05, 4.69) is 0 Å². The van der Waals surface area contributed by atoms with E-state index in [9.17, 15) is 34.8 Å². The van der Waals surface area contributed by atoms with Gasteiger partial charge >= 0.3 is 0 Å². The number of aliphatic hydroxyl groups is 2. The molecule has 11 heteroatoms. The first kappa shape index (κ1) is 28.2. The summed E-state index contributed by atoms with van der Waals surface area (Å²) >= 11 is 0. The molecule has 0 aromatic heterocycles. The van der Waals surface area contributed by atoms with Gasteiger partial charge in [-0.05, 0) is 38.8 Å². The molecule has 6 atom stereocenters. The van der Waals surface area contributed by atoms with Crippen LogP contribution in [-0.4, -0.2) is 75.5 Å². The third kappa shape index (κ3) is 4.29. The smallest absolute Gasteiger partial charge is 0.202 e. The molecule has 0 spiro atoms. The fourth-order valence-electron chi connectivity index (χ4n) is 6.22. The van der Waals surface area contributed by atoms with Gasteiger partial charge in [0.2, 0.25) is 5.78 Å². The number of methoxy groups -OCH3 is 1. The van der Waals surface area contributed by atoms with Gasteiger partial charge in [-0.1, -0.05) is 12.1 Å². The van der Waals surface area contributed by atoms with Gasteiger partial charge in [0.15, 0.2) is 17.9 Å². The highest BCUT2D eigenvalue weighted by molar-refractivity contribution is 6.31. The topological polar surface area (TPSA) is 186 Å². The standard InChI is InChI=1S/C29H33NO10/c1-12-24(32)14(7-8-30)9-19(39-12)40-18-11-29(37,13(2)31)10-16-21(18)28(36)23-22(26(16)34)25(33)15-5-4-6-17(38-3)20(15)27(23)35/h4-6,12,14,18-19,24,32,34,36-37H,7-11,30H2,1-3H3/t12-,14-,18+,19-,24+,29+/m1/s1. The Morgan fingerprint density at radius 2 is 1.85 bits per heavy atom. The summed E-state index contributed by atoms with van der Waals surface area (Å²) in [5, 5.41) is 44.8. The summed E-state index contributed by atoms with van der Waals surface area (Å²) in [7, 11) is 1.35. The Labute approximate surface area is 230 Å². The van der Waals surface area contributed by atoms with E-state index in [4.69, 9.17) is 19.9 Å². The number of carbonyl (C=O) groups excluding carboxylic acids is 3. The molecule has 2 aromatic rings. The number of Topliss-reactive ketones (excluding diaryl/α,β-unsaturated/α-hetero) is 1. The first-order valence-corrected chi connectivity index (χ1v) is 13.2. The van der Waals surface area contributed by atoms with Crippen LogP contribution < -0.4 is 10.5 Å². The van der Waals surface area contributed by atoms with Crippen molar-refractivity contribution < 1.29 is 49.0 Å². The highest BCUT2D eigenvalue weighted by Crippen LogP contribution is 2.52. The average Bonchev–Trinajstić information content (AvgIpc) is 2.91. The van der Waals surface area contributed by atoms with Crippen molar-refractivity contribution in [2.45, 2.75) is 69.7 Å². The molecule has 0 saturated carbocycles. The first-order chi connectivity index (χ1) is 18.9. The van der Waals surface area contributed by atoms with Gasteiger partial charge < -0.3 is 40.4 Å². The Kier molecular flexibility index (Phi) is 7.22. The van der Waals surface area contributed by atoms with Crippen LogP contribution in [0.2, 0.25) is 0 Å². The lowest BCUT2D eigenvalue weighted by Gasteiger charge is -2.42. The Morgan fingerprint density at radius 3 is 2.50 bits per heavy atom. The predicted octanol–water partition coefficient (Wildman–Crippen LogP) is 1.67. The maximum absolute atomic E-state index is 13.7. The molecule has 0 bridgehead atoms. The zero-order chi connectivity index (χ0) is 29.1. The number of aromatic hydroxyl groups is 2. The molecule has 5 rings (SSSR count). The van der Waals surface area contributed by atoms with Gasteiger partial charge in [-0.15, -0.1) is 0 Å². The Balaban J connectivity index is 1.65. The van der Waals surface area contributed by atoms with Gasteiger partial charge in [0.1, 0.15) is 22.8 Å². The Morgan fingerprint density at radius 1 is 1.15 bits per heavy atom. The van der Waals surface area contributed by atoms with Gasteiger partial charge in [-0.25, -0.2) is 0 Å². The van der Waals surface area contributed by atoms with Crippen molar-refractivity contribution in [1.82, 2.24) is 0 Å². The number of ketones is 3. The van der Waals surface area contributed by atoms with Gasteiger partial charge in [0.05, 0.1) is 42.1 Å².